The molecule has 0 aliphatic heterocycles. The first-order chi connectivity index (χ1) is 14.5. The highest BCUT2D eigenvalue weighted by Gasteiger charge is 2.24. The van der Waals surface area contributed by atoms with Crippen molar-refractivity contribution in [2.24, 2.45) is 0 Å². The topological polar surface area (TPSA) is 59.8 Å². The van der Waals surface area contributed by atoms with Crippen molar-refractivity contribution in [3.05, 3.63) is 59.7 Å². The van der Waals surface area contributed by atoms with Gasteiger partial charge in [-0.05, 0) is 51.8 Å². The maximum absolute atomic E-state index is 12.7. The van der Waals surface area contributed by atoms with E-state index in [-0.39, 0.29) is 11.2 Å². The SMILES string of the molecule is Cc1ccc(-n2c(SC(C)C(=O)NC3CCCC3)nnc2-c2cccc(C)c2)cc1. The first-order valence-corrected chi connectivity index (χ1v) is 11.5. The Balaban J connectivity index is 1.65. The van der Waals surface area contributed by atoms with Gasteiger partial charge in [-0.3, -0.25) is 9.36 Å². The van der Waals surface area contributed by atoms with E-state index >= 15 is 0 Å². The van der Waals surface area contributed by atoms with Gasteiger partial charge in [0.15, 0.2) is 11.0 Å². The minimum absolute atomic E-state index is 0.0717. The second kappa shape index (κ2) is 9.04. The second-order valence-electron chi connectivity index (χ2n) is 8.10. The summed E-state index contributed by atoms with van der Waals surface area (Å²) >= 11 is 1.46. The van der Waals surface area contributed by atoms with E-state index < -0.39 is 0 Å². The normalized spacial score (nSPS) is 15.3. The molecule has 0 radical (unpaired) electrons. The maximum Gasteiger partial charge on any atom is 0.233 e. The highest BCUT2D eigenvalue weighted by molar-refractivity contribution is 8.00. The van der Waals surface area contributed by atoms with E-state index in [1.54, 1.807) is 0 Å². The lowest BCUT2D eigenvalue weighted by atomic mass is 10.1. The van der Waals surface area contributed by atoms with Crippen LogP contribution in [0.25, 0.3) is 17.1 Å². The Bertz CT molecular complexity index is 1020. The predicted octanol–water partition coefficient (Wildman–Crippen LogP) is 5.09. The Labute approximate surface area is 182 Å². The van der Waals surface area contributed by atoms with Gasteiger partial charge in [0.2, 0.25) is 5.91 Å². The molecule has 2 aromatic carbocycles. The third-order valence-corrected chi connectivity index (χ3v) is 6.60. The zero-order valence-corrected chi connectivity index (χ0v) is 18.6. The molecule has 0 spiro atoms. The van der Waals surface area contributed by atoms with Gasteiger partial charge in [-0.2, -0.15) is 0 Å². The van der Waals surface area contributed by atoms with E-state index in [2.05, 4.69) is 70.3 Å². The number of hydrogen-bond donors (Lipinski definition) is 1. The minimum atomic E-state index is -0.246. The monoisotopic (exact) mass is 420 g/mol. The number of aryl methyl sites for hydroxylation is 2. The van der Waals surface area contributed by atoms with Gasteiger partial charge in [0.1, 0.15) is 0 Å². The number of benzene rings is 2. The van der Waals surface area contributed by atoms with Gasteiger partial charge in [-0.25, -0.2) is 0 Å². The van der Waals surface area contributed by atoms with Crippen molar-refractivity contribution in [2.75, 3.05) is 0 Å². The molecule has 0 saturated heterocycles. The van der Waals surface area contributed by atoms with Crippen molar-refractivity contribution >= 4 is 17.7 Å². The number of rotatable bonds is 6. The smallest absolute Gasteiger partial charge is 0.233 e. The molecule has 1 aromatic heterocycles. The van der Waals surface area contributed by atoms with Crippen LogP contribution in [0.4, 0.5) is 0 Å². The number of carbonyl (C=O) groups is 1. The van der Waals surface area contributed by atoms with Crippen molar-refractivity contribution in [3.63, 3.8) is 0 Å². The molecule has 1 aliphatic rings. The van der Waals surface area contributed by atoms with Crippen molar-refractivity contribution in [1.82, 2.24) is 20.1 Å². The summed E-state index contributed by atoms with van der Waals surface area (Å²) in [4.78, 5) is 12.7. The van der Waals surface area contributed by atoms with Gasteiger partial charge >= 0.3 is 0 Å². The highest BCUT2D eigenvalue weighted by Crippen LogP contribution is 2.31. The molecule has 4 rings (SSSR count). The van der Waals surface area contributed by atoms with Crippen LogP contribution in [-0.4, -0.2) is 32.0 Å². The Morgan fingerprint density at radius 1 is 1.07 bits per heavy atom. The van der Waals surface area contributed by atoms with E-state index in [1.165, 1.54) is 35.7 Å². The molecule has 30 heavy (non-hydrogen) atoms. The second-order valence-corrected chi connectivity index (χ2v) is 9.40. The molecule has 1 amide bonds. The molecule has 1 heterocycles. The van der Waals surface area contributed by atoms with Gasteiger partial charge < -0.3 is 5.32 Å². The van der Waals surface area contributed by atoms with Crippen LogP contribution in [0.2, 0.25) is 0 Å². The number of hydrogen-bond acceptors (Lipinski definition) is 4. The zero-order valence-electron chi connectivity index (χ0n) is 17.8. The predicted molar refractivity (Wildman–Crippen MR) is 122 cm³/mol. The molecule has 1 fully saturated rings. The third kappa shape index (κ3) is 4.59. The average Bonchev–Trinajstić information content (AvgIpc) is 3.38. The third-order valence-electron chi connectivity index (χ3n) is 5.55. The minimum Gasteiger partial charge on any atom is -0.352 e. The van der Waals surface area contributed by atoms with E-state index in [1.807, 2.05) is 19.1 Å². The van der Waals surface area contributed by atoms with Crippen molar-refractivity contribution in [2.45, 2.75) is 62.9 Å². The number of nitrogens with zero attached hydrogens (tertiary/aromatic N) is 3. The number of thioether (sulfide) groups is 1. The summed E-state index contributed by atoms with van der Waals surface area (Å²) in [5.74, 6) is 0.857. The summed E-state index contributed by atoms with van der Waals surface area (Å²) in [5.41, 5.74) is 4.37. The van der Waals surface area contributed by atoms with Crippen LogP contribution >= 0.6 is 11.8 Å². The van der Waals surface area contributed by atoms with E-state index in [4.69, 9.17) is 0 Å². The molecule has 156 valence electrons. The maximum atomic E-state index is 12.7. The fourth-order valence-corrected chi connectivity index (χ4v) is 4.72. The van der Waals surface area contributed by atoms with Crippen molar-refractivity contribution < 1.29 is 4.79 Å². The highest BCUT2D eigenvalue weighted by atomic mass is 32.2. The average molecular weight is 421 g/mol. The molecule has 1 aliphatic carbocycles. The Kier molecular flexibility index (Phi) is 6.23. The fourth-order valence-electron chi connectivity index (χ4n) is 3.84. The van der Waals surface area contributed by atoms with Gasteiger partial charge in [0.25, 0.3) is 0 Å². The molecule has 1 unspecified atom stereocenters. The Morgan fingerprint density at radius 3 is 2.50 bits per heavy atom. The summed E-state index contributed by atoms with van der Waals surface area (Å²) in [6, 6.07) is 16.9. The first-order valence-electron chi connectivity index (χ1n) is 10.6. The number of amides is 1. The zero-order chi connectivity index (χ0) is 21.1. The van der Waals surface area contributed by atoms with E-state index in [0.29, 0.717) is 6.04 Å². The summed E-state index contributed by atoms with van der Waals surface area (Å²) < 4.78 is 2.05. The quantitative estimate of drug-likeness (QED) is 0.564. The molecular weight excluding hydrogens is 392 g/mol. The molecule has 3 aromatic rings. The van der Waals surface area contributed by atoms with Crippen LogP contribution in [0.1, 0.15) is 43.7 Å². The van der Waals surface area contributed by atoms with Gasteiger partial charge in [0, 0.05) is 17.3 Å². The summed E-state index contributed by atoms with van der Waals surface area (Å²) in [6.07, 6.45) is 4.57. The molecule has 0 bridgehead atoms. The molecular formula is C24H28N4OS. The Morgan fingerprint density at radius 2 is 1.80 bits per heavy atom. The molecule has 1 N–H and O–H groups in total. The van der Waals surface area contributed by atoms with Gasteiger partial charge in [-0.15, -0.1) is 10.2 Å². The lowest BCUT2D eigenvalue weighted by Gasteiger charge is -2.17. The summed E-state index contributed by atoms with van der Waals surface area (Å²) in [5, 5.41) is 12.6. The summed E-state index contributed by atoms with van der Waals surface area (Å²) in [6.45, 7) is 6.08. The molecule has 1 saturated carbocycles. The molecule has 6 heteroatoms. The van der Waals surface area contributed by atoms with Crippen molar-refractivity contribution in [1.29, 1.82) is 0 Å². The lowest BCUT2D eigenvalue weighted by molar-refractivity contribution is -0.120. The van der Waals surface area contributed by atoms with E-state index in [9.17, 15) is 4.79 Å². The van der Waals surface area contributed by atoms with Crippen LogP contribution in [0.15, 0.2) is 53.7 Å². The lowest BCUT2D eigenvalue weighted by Crippen LogP contribution is -2.37. The van der Waals surface area contributed by atoms with E-state index in [0.717, 1.165) is 35.1 Å². The largest absolute Gasteiger partial charge is 0.352 e. The Hall–Kier alpha value is -2.60. The number of nitrogens with one attached hydrogen (secondary N) is 1. The fraction of sp³-hybridized carbons (Fsp3) is 0.375. The van der Waals surface area contributed by atoms with Crippen LogP contribution in [0.5, 0.6) is 0 Å². The van der Waals surface area contributed by atoms with Crippen LogP contribution < -0.4 is 5.32 Å². The van der Waals surface area contributed by atoms with Gasteiger partial charge in [0.05, 0.1) is 5.25 Å². The van der Waals surface area contributed by atoms with Gasteiger partial charge in [-0.1, -0.05) is 66.1 Å². The van der Waals surface area contributed by atoms with Crippen molar-refractivity contribution in [3.8, 4) is 17.1 Å². The summed E-state index contributed by atoms with van der Waals surface area (Å²) in [7, 11) is 0. The molecule has 5 nitrogen and oxygen atoms in total. The van der Waals surface area contributed by atoms with Crippen LogP contribution in [-0.2, 0) is 4.79 Å². The van der Waals surface area contributed by atoms with Crippen LogP contribution in [0.3, 0.4) is 0 Å². The standard InChI is InChI=1S/C24H28N4OS/c1-16-11-13-21(14-12-16)28-22(19-8-6-7-17(2)15-19)26-27-24(28)30-18(3)23(29)25-20-9-4-5-10-20/h6-8,11-15,18,20H,4-5,9-10H2,1-3H3,(H,25,29). The number of aromatic nitrogens is 3. The number of carbonyl (C=O) groups excluding carboxylic acids is 1. The first kappa shape index (κ1) is 20.7. The van der Waals surface area contributed by atoms with Crippen LogP contribution in [0, 0.1) is 13.8 Å². The molecule has 1 atom stereocenters.